The predicted molar refractivity (Wildman–Crippen MR) is 115 cm³/mol. The number of anilines is 1. The number of nitrogens with zero attached hydrogens (tertiary/aromatic N) is 3. The van der Waals surface area contributed by atoms with Crippen molar-refractivity contribution >= 4 is 49.5 Å². The molecule has 1 saturated heterocycles. The molecule has 0 bridgehead atoms. The van der Waals surface area contributed by atoms with Crippen molar-refractivity contribution in [1.29, 1.82) is 0 Å². The largest absolute Gasteiger partial charge is 0.384 e. The van der Waals surface area contributed by atoms with Crippen LogP contribution in [0.2, 0.25) is 5.02 Å². The molecule has 1 atom stereocenters. The summed E-state index contributed by atoms with van der Waals surface area (Å²) in [5, 5.41) is 0.328. The predicted octanol–water partition coefficient (Wildman–Crippen LogP) is 3.83. The van der Waals surface area contributed by atoms with E-state index in [1.807, 2.05) is 18.2 Å². The molecule has 5 rings (SSSR count). The minimum Gasteiger partial charge on any atom is -0.384 e. The normalized spacial score (nSPS) is 17.2. The van der Waals surface area contributed by atoms with Crippen LogP contribution in [-0.2, 0) is 21.1 Å². The molecule has 30 heavy (non-hydrogen) atoms. The van der Waals surface area contributed by atoms with Gasteiger partial charge in [-0.2, -0.15) is 0 Å². The second-order valence-electron chi connectivity index (χ2n) is 7.31. The first-order valence-corrected chi connectivity index (χ1v) is 11.5. The lowest BCUT2D eigenvalue weighted by Gasteiger charge is -2.13. The fraction of sp³-hybridized carbons (Fsp3) is 0.238. The first-order chi connectivity index (χ1) is 14.4. The van der Waals surface area contributed by atoms with Crippen LogP contribution < -0.4 is 5.73 Å². The van der Waals surface area contributed by atoms with Crippen LogP contribution in [0.25, 0.3) is 22.2 Å². The van der Waals surface area contributed by atoms with E-state index in [2.05, 4.69) is 4.98 Å². The number of nitrogen functional groups attached to an aromatic ring is 1. The Balaban J connectivity index is 1.80. The minimum atomic E-state index is -3.97. The Morgan fingerprint density at radius 1 is 1.13 bits per heavy atom. The van der Waals surface area contributed by atoms with E-state index in [9.17, 15) is 8.42 Å². The topological polar surface area (TPSA) is 100 Å². The van der Waals surface area contributed by atoms with Crippen LogP contribution in [0.15, 0.2) is 58.3 Å². The van der Waals surface area contributed by atoms with Gasteiger partial charge in [-0.3, -0.25) is 0 Å². The van der Waals surface area contributed by atoms with E-state index in [1.54, 1.807) is 22.8 Å². The summed E-state index contributed by atoms with van der Waals surface area (Å²) in [7, 11) is -3.97. The van der Waals surface area contributed by atoms with Gasteiger partial charge in [-0.1, -0.05) is 29.8 Å². The van der Waals surface area contributed by atoms with Crippen molar-refractivity contribution in [3.8, 4) is 0 Å². The Morgan fingerprint density at radius 3 is 2.60 bits per heavy atom. The average Bonchev–Trinajstić information content (AvgIpc) is 3.33. The van der Waals surface area contributed by atoms with Crippen LogP contribution in [0, 0.1) is 0 Å². The van der Waals surface area contributed by atoms with Gasteiger partial charge in [0.25, 0.3) is 0 Å². The summed E-state index contributed by atoms with van der Waals surface area (Å²) in [6, 6.07) is 13.5. The molecule has 1 aliphatic heterocycles. The number of rotatable bonds is 4. The molecule has 7 nitrogen and oxygen atoms in total. The highest BCUT2D eigenvalue weighted by Gasteiger charge is 2.31. The molecule has 0 spiro atoms. The molecule has 9 heteroatoms. The third-order valence-electron chi connectivity index (χ3n) is 5.33. The van der Waals surface area contributed by atoms with Gasteiger partial charge in [0, 0.05) is 11.6 Å². The van der Waals surface area contributed by atoms with Crippen molar-refractivity contribution in [3.63, 3.8) is 0 Å². The van der Waals surface area contributed by atoms with Crippen molar-refractivity contribution in [3.05, 3.63) is 53.6 Å². The Bertz CT molecular complexity index is 1380. The van der Waals surface area contributed by atoms with E-state index in [4.69, 9.17) is 27.1 Å². The maximum Gasteiger partial charge on any atom is 0.212 e. The smallest absolute Gasteiger partial charge is 0.212 e. The van der Waals surface area contributed by atoms with Crippen molar-refractivity contribution < 1.29 is 13.2 Å². The number of aromatic nitrogens is 3. The molecule has 0 saturated carbocycles. The molecule has 3 heterocycles. The summed E-state index contributed by atoms with van der Waals surface area (Å²) in [5.74, 6) is 0.107. The average molecular weight is 443 g/mol. The Morgan fingerprint density at radius 2 is 1.90 bits per heavy atom. The van der Waals surface area contributed by atoms with Gasteiger partial charge in [0.1, 0.15) is 16.2 Å². The van der Waals surface area contributed by atoms with Gasteiger partial charge in [-0.15, -0.1) is 0 Å². The zero-order chi connectivity index (χ0) is 20.9. The summed E-state index contributed by atoms with van der Waals surface area (Å²) in [6.07, 6.45) is 1.81. The number of para-hydroxylation sites is 2. The molecule has 2 aromatic carbocycles. The first-order valence-electron chi connectivity index (χ1n) is 9.62. The molecule has 0 radical (unpaired) electrons. The van der Waals surface area contributed by atoms with Crippen LogP contribution in [-0.4, -0.2) is 35.7 Å². The lowest BCUT2D eigenvalue weighted by molar-refractivity contribution is 0.0983. The molecule has 1 aliphatic rings. The second kappa shape index (κ2) is 7.23. The second-order valence-corrected chi connectivity index (χ2v) is 9.63. The van der Waals surface area contributed by atoms with Crippen molar-refractivity contribution in [2.75, 3.05) is 12.3 Å². The molecule has 0 aliphatic carbocycles. The fourth-order valence-corrected chi connectivity index (χ4v) is 5.69. The zero-order valence-corrected chi connectivity index (χ0v) is 17.5. The lowest BCUT2D eigenvalue weighted by Crippen LogP contribution is -2.17. The maximum absolute atomic E-state index is 13.6. The number of ether oxygens (including phenoxy) is 1. The Hall–Kier alpha value is -2.68. The summed E-state index contributed by atoms with van der Waals surface area (Å²) in [5.41, 5.74) is 8.39. The summed E-state index contributed by atoms with van der Waals surface area (Å²) < 4.78 is 34.6. The molecule has 1 fully saturated rings. The number of halogens is 1. The summed E-state index contributed by atoms with van der Waals surface area (Å²) >= 11 is 6.05. The van der Waals surface area contributed by atoms with Crippen LogP contribution in [0.3, 0.4) is 0 Å². The van der Waals surface area contributed by atoms with Crippen LogP contribution in [0.5, 0.6) is 0 Å². The van der Waals surface area contributed by atoms with Crippen molar-refractivity contribution in [2.24, 2.45) is 0 Å². The highest BCUT2D eigenvalue weighted by atomic mass is 35.5. The van der Waals surface area contributed by atoms with Crippen molar-refractivity contribution in [1.82, 2.24) is 14.5 Å². The quantitative estimate of drug-likeness (QED) is 0.515. The number of nitrogens with two attached hydrogens (primary N) is 1. The monoisotopic (exact) mass is 442 g/mol. The van der Waals surface area contributed by atoms with E-state index in [-0.39, 0.29) is 27.2 Å². The number of fused-ring (bicyclic) bond motifs is 2. The van der Waals surface area contributed by atoms with E-state index in [0.29, 0.717) is 34.9 Å². The van der Waals surface area contributed by atoms with Gasteiger partial charge in [0.05, 0.1) is 28.6 Å². The van der Waals surface area contributed by atoms with E-state index >= 15 is 0 Å². The fourth-order valence-electron chi connectivity index (χ4n) is 3.88. The number of sulfone groups is 1. The lowest BCUT2D eigenvalue weighted by atomic mass is 10.2. The molecule has 0 unspecified atom stereocenters. The molecule has 2 N–H and O–H groups in total. The van der Waals surface area contributed by atoms with E-state index < -0.39 is 9.84 Å². The molecular weight excluding hydrogens is 424 g/mol. The van der Waals surface area contributed by atoms with Gasteiger partial charge < -0.3 is 15.0 Å². The first kappa shape index (κ1) is 19.3. The highest BCUT2D eigenvalue weighted by Crippen LogP contribution is 2.36. The van der Waals surface area contributed by atoms with Gasteiger partial charge in [0.2, 0.25) is 9.84 Å². The third kappa shape index (κ3) is 3.12. The zero-order valence-electron chi connectivity index (χ0n) is 16.0. The van der Waals surface area contributed by atoms with Crippen LogP contribution in [0.1, 0.15) is 12.8 Å². The third-order valence-corrected chi connectivity index (χ3v) is 7.38. The van der Waals surface area contributed by atoms with Gasteiger partial charge >= 0.3 is 0 Å². The molecule has 154 valence electrons. The maximum atomic E-state index is 13.6. The SMILES string of the molecule is Nc1c(S(=O)(=O)c2cccc(Cl)c2)c2nc3ccccc3nc2n1C[C@@H]1CCCO1. The van der Waals surface area contributed by atoms with Crippen LogP contribution in [0.4, 0.5) is 5.82 Å². The molecule has 0 amide bonds. The van der Waals surface area contributed by atoms with Gasteiger partial charge in [-0.25, -0.2) is 18.4 Å². The number of benzene rings is 2. The summed E-state index contributed by atoms with van der Waals surface area (Å²) in [6.45, 7) is 1.10. The Labute approximate surface area is 178 Å². The van der Waals surface area contributed by atoms with E-state index in [0.717, 1.165) is 12.8 Å². The minimum absolute atomic E-state index is 0.0436. The molecule has 4 aromatic rings. The number of hydrogen-bond donors (Lipinski definition) is 1. The number of hydrogen-bond acceptors (Lipinski definition) is 6. The highest BCUT2D eigenvalue weighted by molar-refractivity contribution is 7.92. The van der Waals surface area contributed by atoms with Crippen molar-refractivity contribution in [2.45, 2.75) is 35.3 Å². The standard InChI is InChI=1S/C21H19ClN4O3S/c22-13-5-3-7-15(11-13)30(27,28)19-18-21(25-17-9-2-1-8-16(17)24-18)26(20(19)23)12-14-6-4-10-29-14/h1-3,5,7-9,11,14H,4,6,10,12,23H2/t14-/m0/s1. The molecular formula is C21H19ClN4O3S. The van der Waals surface area contributed by atoms with Gasteiger partial charge in [0.15, 0.2) is 5.65 Å². The Kier molecular flexibility index (Phi) is 4.65. The molecule has 2 aromatic heterocycles. The van der Waals surface area contributed by atoms with Gasteiger partial charge in [-0.05, 0) is 43.2 Å². The summed E-state index contributed by atoms with van der Waals surface area (Å²) in [4.78, 5) is 9.35. The van der Waals surface area contributed by atoms with E-state index in [1.165, 1.54) is 12.1 Å². The van der Waals surface area contributed by atoms with Crippen LogP contribution >= 0.6 is 11.6 Å².